The number of carbonyl (C=O) groups excluding carboxylic acids is 1. The predicted octanol–water partition coefficient (Wildman–Crippen LogP) is 1.19. The summed E-state index contributed by atoms with van der Waals surface area (Å²) in [5.41, 5.74) is 6.95. The molecule has 0 unspecified atom stereocenters. The molecule has 1 rings (SSSR count). The minimum atomic E-state index is -0.459. The number of carbonyl (C=O) groups is 1. The fraction of sp³-hybridized carbons (Fsp3) is 0.333. The van der Waals surface area contributed by atoms with E-state index in [1.54, 1.807) is 32.2 Å². The van der Waals surface area contributed by atoms with Gasteiger partial charge in [-0.1, -0.05) is 5.16 Å². The molecule has 0 atom stereocenters. The molecule has 0 aliphatic rings. The van der Waals surface area contributed by atoms with E-state index < -0.39 is 5.97 Å². The first-order valence-corrected chi connectivity index (χ1v) is 5.41. The summed E-state index contributed by atoms with van der Waals surface area (Å²) in [5, 5.41) is 3.64. The molecule has 0 saturated carbocycles. The van der Waals surface area contributed by atoms with Crippen LogP contribution in [0, 0.1) is 0 Å². The van der Waals surface area contributed by atoms with Crippen LogP contribution in [-0.4, -0.2) is 32.5 Å². The molecule has 1 aromatic carbocycles. The van der Waals surface area contributed by atoms with E-state index in [1.165, 1.54) is 6.21 Å². The van der Waals surface area contributed by atoms with Gasteiger partial charge in [0.1, 0.15) is 5.75 Å². The largest absolute Gasteiger partial charge is 0.497 e. The predicted molar refractivity (Wildman–Crippen MR) is 67.6 cm³/mol. The average molecular weight is 252 g/mol. The molecule has 18 heavy (non-hydrogen) atoms. The van der Waals surface area contributed by atoms with Crippen molar-refractivity contribution in [2.45, 2.75) is 6.92 Å². The minimum absolute atomic E-state index is 0.218. The Morgan fingerprint density at radius 1 is 1.44 bits per heavy atom. The number of methoxy groups -OCH3 is 1. The summed E-state index contributed by atoms with van der Waals surface area (Å²) in [7, 11) is 1.55. The van der Waals surface area contributed by atoms with Crippen molar-refractivity contribution in [2.75, 3.05) is 26.1 Å². The first kappa shape index (κ1) is 13.8. The van der Waals surface area contributed by atoms with Gasteiger partial charge in [0, 0.05) is 17.3 Å². The molecule has 2 N–H and O–H groups in total. The normalized spacial score (nSPS) is 10.3. The Bertz CT molecular complexity index is 432. The quantitative estimate of drug-likeness (QED) is 0.356. The number of nitrogens with two attached hydrogens (primary N) is 1. The van der Waals surface area contributed by atoms with Crippen LogP contribution in [0.2, 0.25) is 0 Å². The second-order valence-corrected chi connectivity index (χ2v) is 3.35. The van der Waals surface area contributed by atoms with Crippen molar-refractivity contribution >= 4 is 17.9 Å². The van der Waals surface area contributed by atoms with E-state index in [1.807, 2.05) is 0 Å². The van der Waals surface area contributed by atoms with Gasteiger partial charge in [-0.15, -0.1) is 0 Å². The lowest BCUT2D eigenvalue weighted by molar-refractivity contribution is -0.148. The summed E-state index contributed by atoms with van der Waals surface area (Å²) in [5.74, 6) is 0.168. The number of ether oxygens (including phenoxy) is 2. The maximum atomic E-state index is 10.9. The Morgan fingerprint density at radius 2 is 2.22 bits per heavy atom. The molecule has 0 heterocycles. The van der Waals surface area contributed by atoms with Crippen molar-refractivity contribution < 1.29 is 19.1 Å². The number of rotatable bonds is 6. The number of nitrogen functional groups attached to an aromatic ring is 1. The number of hydrogen-bond acceptors (Lipinski definition) is 6. The highest BCUT2D eigenvalue weighted by atomic mass is 16.6. The maximum Gasteiger partial charge on any atom is 0.347 e. The van der Waals surface area contributed by atoms with Crippen molar-refractivity contribution in [1.82, 2.24) is 0 Å². The Labute approximate surface area is 105 Å². The van der Waals surface area contributed by atoms with E-state index in [4.69, 9.17) is 15.3 Å². The summed E-state index contributed by atoms with van der Waals surface area (Å²) in [6.07, 6.45) is 1.44. The number of nitrogens with zero attached hydrogens (tertiary/aromatic N) is 1. The van der Waals surface area contributed by atoms with Crippen LogP contribution in [0.5, 0.6) is 5.75 Å². The Hall–Kier alpha value is -2.24. The Morgan fingerprint density at radius 3 is 2.89 bits per heavy atom. The molecule has 0 saturated heterocycles. The van der Waals surface area contributed by atoms with Gasteiger partial charge in [-0.3, -0.25) is 0 Å². The number of hydrogen-bond donors (Lipinski definition) is 1. The zero-order valence-corrected chi connectivity index (χ0v) is 10.4. The third kappa shape index (κ3) is 4.73. The molecule has 0 bridgehead atoms. The van der Waals surface area contributed by atoms with Crippen LogP contribution in [0.4, 0.5) is 5.69 Å². The average Bonchev–Trinajstić information content (AvgIpc) is 2.34. The van der Waals surface area contributed by atoms with Crippen LogP contribution >= 0.6 is 0 Å². The molecule has 0 amide bonds. The summed E-state index contributed by atoms with van der Waals surface area (Å²) in [4.78, 5) is 15.7. The van der Waals surface area contributed by atoms with Gasteiger partial charge < -0.3 is 20.0 Å². The van der Waals surface area contributed by atoms with Gasteiger partial charge >= 0.3 is 5.97 Å². The molecule has 1 aromatic rings. The molecule has 98 valence electrons. The topological polar surface area (TPSA) is 83.1 Å². The number of benzene rings is 1. The fourth-order valence-electron chi connectivity index (χ4n) is 1.23. The molecular weight excluding hydrogens is 236 g/mol. The van der Waals surface area contributed by atoms with E-state index in [-0.39, 0.29) is 6.61 Å². The monoisotopic (exact) mass is 252 g/mol. The zero-order valence-electron chi connectivity index (χ0n) is 10.4. The van der Waals surface area contributed by atoms with Crippen LogP contribution < -0.4 is 10.5 Å². The van der Waals surface area contributed by atoms with Gasteiger partial charge in [-0.05, 0) is 19.1 Å². The maximum absolute atomic E-state index is 10.9. The smallest absolute Gasteiger partial charge is 0.347 e. The highest BCUT2D eigenvalue weighted by Crippen LogP contribution is 2.17. The molecule has 0 fully saturated rings. The van der Waals surface area contributed by atoms with Crippen LogP contribution in [0.25, 0.3) is 0 Å². The SMILES string of the molecule is CCOC(=O)CO/N=C/c1cc(N)cc(OC)c1. The molecule has 6 heteroatoms. The van der Waals surface area contributed by atoms with Crippen molar-refractivity contribution in [2.24, 2.45) is 5.16 Å². The third-order valence-corrected chi connectivity index (χ3v) is 1.95. The Kier molecular flexibility index (Phi) is 5.50. The number of esters is 1. The van der Waals surface area contributed by atoms with Crippen LogP contribution in [0.15, 0.2) is 23.4 Å². The minimum Gasteiger partial charge on any atom is -0.497 e. The van der Waals surface area contributed by atoms with Gasteiger partial charge in [-0.2, -0.15) is 0 Å². The standard InChI is InChI=1S/C12H16N2O4/c1-3-17-12(15)8-18-14-7-9-4-10(13)6-11(5-9)16-2/h4-7H,3,8,13H2,1-2H3/b14-7+. The lowest BCUT2D eigenvalue weighted by atomic mass is 10.2. The number of anilines is 1. The summed E-state index contributed by atoms with van der Waals surface area (Å²) >= 11 is 0. The van der Waals surface area contributed by atoms with Gasteiger partial charge in [0.15, 0.2) is 0 Å². The van der Waals surface area contributed by atoms with Crippen LogP contribution in [-0.2, 0) is 14.4 Å². The molecule has 6 nitrogen and oxygen atoms in total. The van der Waals surface area contributed by atoms with Crippen molar-refractivity contribution in [1.29, 1.82) is 0 Å². The second-order valence-electron chi connectivity index (χ2n) is 3.35. The highest BCUT2D eigenvalue weighted by Gasteiger charge is 2.00. The number of oxime groups is 1. The van der Waals surface area contributed by atoms with Gasteiger partial charge in [0.2, 0.25) is 6.61 Å². The summed E-state index contributed by atoms with van der Waals surface area (Å²) in [6.45, 7) is 1.82. The molecule has 0 aliphatic carbocycles. The lowest BCUT2D eigenvalue weighted by Gasteiger charge is -2.03. The zero-order chi connectivity index (χ0) is 13.4. The first-order chi connectivity index (χ1) is 8.65. The van der Waals surface area contributed by atoms with Crippen molar-refractivity contribution in [3.63, 3.8) is 0 Å². The third-order valence-electron chi connectivity index (χ3n) is 1.95. The highest BCUT2D eigenvalue weighted by molar-refractivity contribution is 5.81. The molecule has 0 aliphatic heterocycles. The van der Waals surface area contributed by atoms with Gasteiger partial charge in [-0.25, -0.2) is 4.79 Å². The van der Waals surface area contributed by atoms with E-state index in [0.29, 0.717) is 18.0 Å². The van der Waals surface area contributed by atoms with E-state index >= 15 is 0 Å². The second kappa shape index (κ2) is 7.16. The van der Waals surface area contributed by atoms with Crippen LogP contribution in [0.3, 0.4) is 0 Å². The van der Waals surface area contributed by atoms with Crippen molar-refractivity contribution in [3.05, 3.63) is 23.8 Å². The lowest BCUT2D eigenvalue weighted by Crippen LogP contribution is -2.10. The Balaban J connectivity index is 2.51. The first-order valence-electron chi connectivity index (χ1n) is 5.41. The summed E-state index contributed by atoms with van der Waals surface area (Å²) < 4.78 is 9.73. The summed E-state index contributed by atoms with van der Waals surface area (Å²) in [6, 6.07) is 5.14. The molecule has 0 radical (unpaired) electrons. The molecular formula is C12H16N2O4. The fourth-order valence-corrected chi connectivity index (χ4v) is 1.23. The van der Waals surface area contributed by atoms with Crippen molar-refractivity contribution in [3.8, 4) is 5.75 Å². The van der Waals surface area contributed by atoms with E-state index in [0.717, 1.165) is 5.56 Å². The van der Waals surface area contributed by atoms with E-state index in [2.05, 4.69) is 9.89 Å². The van der Waals surface area contributed by atoms with Crippen LogP contribution in [0.1, 0.15) is 12.5 Å². The van der Waals surface area contributed by atoms with Gasteiger partial charge in [0.25, 0.3) is 0 Å². The van der Waals surface area contributed by atoms with Gasteiger partial charge in [0.05, 0.1) is 19.9 Å². The van der Waals surface area contributed by atoms with E-state index in [9.17, 15) is 4.79 Å². The molecule has 0 spiro atoms. The molecule has 0 aromatic heterocycles.